The average Bonchev–Trinajstić information content (AvgIpc) is 2.96. The van der Waals surface area contributed by atoms with E-state index >= 15 is 0 Å². The minimum absolute atomic E-state index is 0.192. The standard InChI is InChI=1S/C29H35N5O3/c1-5-34-25-10-9-24(18-26(25)32(4)27(35)29(2,3)28(34)36)37-17-7-16-33(20-22-11-14-30-15-12-22)21-23-8-6-13-31-19-23/h6,8-15,18-19H,5,7,16-17,20-21H2,1-4H3. The van der Waals surface area contributed by atoms with Crippen molar-refractivity contribution in [2.45, 2.75) is 40.3 Å². The predicted molar refractivity (Wildman–Crippen MR) is 144 cm³/mol. The largest absolute Gasteiger partial charge is 0.493 e. The Kier molecular flexibility index (Phi) is 8.18. The highest BCUT2D eigenvalue weighted by Gasteiger charge is 2.45. The maximum Gasteiger partial charge on any atom is 0.242 e. The van der Waals surface area contributed by atoms with Crippen LogP contribution in [0.15, 0.2) is 67.3 Å². The molecule has 194 valence electrons. The first-order chi connectivity index (χ1) is 17.8. The Labute approximate surface area is 218 Å². The third kappa shape index (κ3) is 5.97. The van der Waals surface area contributed by atoms with Gasteiger partial charge in [0, 0.05) is 64.1 Å². The average molecular weight is 502 g/mol. The summed E-state index contributed by atoms with van der Waals surface area (Å²) in [6, 6.07) is 13.7. The van der Waals surface area contributed by atoms with Crippen molar-refractivity contribution in [2.24, 2.45) is 5.41 Å². The van der Waals surface area contributed by atoms with Crippen molar-refractivity contribution in [3.05, 3.63) is 78.4 Å². The minimum atomic E-state index is -1.13. The highest BCUT2D eigenvalue weighted by atomic mass is 16.5. The van der Waals surface area contributed by atoms with Crippen molar-refractivity contribution in [3.63, 3.8) is 0 Å². The molecule has 0 bridgehead atoms. The van der Waals surface area contributed by atoms with Crippen LogP contribution in [0.25, 0.3) is 0 Å². The van der Waals surface area contributed by atoms with Gasteiger partial charge in [0.2, 0.25) is 11.8 Å². The molecule has 37 heavy (non-hydrogen) atoms. The molecule has 4 rings (SSSR count). The molecular weight excluding hydrogens is 466 g/mol. The summed E-state index contributed by atoms with van der Waals surface area (Å²) in [6.07, 6.45) is 8.13. The van der Waals surface area contributed by atoms with Crippen LogP contribution in [-0.2, 0) is 22.7 Å². The van der Waals surface area contributed by atoms with Gasteiger partial charge in [0.25, 0.3) is 0 Å². The molecule has 0 radical (unpaired) electrons. The SMILES string of the molecule is CCN1C(=O)C(C)(C)C(=O)N(C)c2cc(OCCCN(Cc3ccncc3)Cc3cccnc3)ccc21. The fourth-order valence-electron chi connectivity index (χ4n) is 4.66. The first-order valence-electron chi connectivity index (χ1n) is 12.7. The summed E-state index contributed by atoms with van der Waals surface area (Å²) in [5.74, 6) is 0.255. The summed E-state index contributed by atoms with van der Waals surface area (Å²) in [5, 5.41) is 0. The van der Waals surface area contributed by atoms with Gasteiger partial charge < -0.3 is 14.5 Å². The van der Waals surface area contributed by atoms with Crippen molar-refractivity contribution in [3.8, 4) is 5.75 Å². The number of amides is 2. The molecule has 0 aliphatic carbocycles. The van der Waals surface area contributed by atoms with Crippen LogP contribution in [0.1, 0.15) is 38.3 Å². The fourth-order valence-corrected chi connectivity index (χ4v) is 4.66. The van der Waals surface area contributed by atoms with Crippen molar-refractivity contribution >= 4 is 23.2 Å². The van der Waals surface area contributed by atoms with Crippen LogP contribution in [-0.4, -0.2) is 53.4 Å². The van der Waals surface area contributed by atoms with Crippen molar-refractivity contribution in [2.75, 3.05) is 36.5 Å². The second-order valence-corrected chi connectivity index (χ2v) is 9.82. The normalized spacial score (nSPS) is 15.1. The number of aromatic nitrogens is 2. The summed E-state index contributed by atoms with van der Waals surface area (Å²) < 4.78 is 6.10. The second-order valence-electron chi connectivity index (χ2n) is 9.82. The minimum Gasteiger partial charge on any atom is -0.493 e. The second kappa shape index (κ2) is 11.5. The zero-order valence-corrected chi connectivity index (χ0v) is 22.1. The van der Waals surface area contributed by atoms with E-state index in [-0.39, 0.29) is 11.8 Å². The van der Waals surface area contributed by atoms with Crippen LogP contribution in [0.2, 0.25) is 0 Å². The molecule has 0 spiro atoms. The number of pyridine rings is 2. The third-order valence-electron chi connectivity index (χ3n) is 6.71. The lowest BCUT2D eigenvalue weighted by atomic mass is 9.90. The highest BCUT2D eigenvalue weighted by molar-refractivity contribution is 6.20. The molecule has 1 aromatic carbocycles. The zero-order valence-electron chi connectivity index (χ0n) is 22.1. The van der Waals surface area contributed by atoms with Crippen LogP contribution in [0, 0.1) is 5.41 Å². The van der Waals surface area contributed by atoms with Gasteiger partial charge in [0.05, 0.1) is 18.0 Å². The lowest BCUT2D eigenvalue weighted by Gasteiger charge is -2.27. The molecule has 0 unspecified atom stereocenters. The molecule has 2 aromatic heterocycles. The Hall–Kier alpha value is -3.78. The number of nitrogens with zero attached hydrogens (tertiary/aromatic N) is 5. The predicted octanol–water partition coefficient (Wildman–Crippen LogP) is 4.30. The van der Waals surface area contributed by atoms with E-state index in [1.165, 1.54) is 5.56 Å². The van der Waals surface area contributed by atoms with Gasteiger partial charge >= 0.3 is 0 Å². The number of ether oxygens (including phenoxy) is 1. The van der Waals surface area contributed by atoms with E-state index in [9.17, 15) is 9.59 Å². The van der Waals surface area contributed by atoms with Gasteiger partial charge in [-0.25, -0.2) is 0 Å². The number of carbonyl (C=O) groups excluding carboxylic acids is 2. The van der Waals surface area contributed by atoms with Crippen LogP contribution in [0.5, 0.6) is 5.75 Å². The van der Waals surface area contributed by atoms with Crippen LogP contribution in [0.3, 0.4) is 0 Å². The van der Waals surface area contributed by atoms with Gasteiger partial charge in [0.1, 0.15) is 11.2 Å². The molecule has 3 heterocycles. The lowest BCUT2D eigenvalue weighted by molar-refractivity contribution is -0.137. The van der Waals surface area contributed by atoms with Gasteiger partial charge in [-0.2, -0.15) is 0 Å². The smallest absolute Gasteiger partial charge is 0.242 e. The fraction of sp³-hybridized carbons (Fsp3) is 0.379. The molecule has 0 fully saturated rings. The molecule has 2 amide bonds. The Morgan fingerprint density at radius 2 is 1.68 bits per heavy atom. The zero-order chi connectivity index (χ0) is 26.4. The summed E-state index contributed by atoms with van der Waals surface area (Å²) in [4.78, 5) is 40.1. The van der Waals surface area contributed by atoms with E-state index in [0.717, 1.165) is 37.3 Å². The molecule has 0 saturated carbocycles. The lowest BCUT2D eigenvalue weighted by Crippen LogP contribution is -2.47. The first-order valence-corrected chi connectivity index (χ1v) is 12.7. The van der Waals surface area contributed by atoms with E-state index in [1.807, 2.05) is 61.9 Å². The molecule has 1 aliphatic rings. The molecule has 0 saturated heterocycles. The van der Waals surface area contributed by atoms with Crippen LogP contribution < -0.4 is 14.5 Å². The van der Waals surface area contributed by atoms with E-state index in [2.05, 4.69) is 20.9 Å². The Morgan fingerprint density at radius 3 is 2.38 bits per heavy atom. The monoisotopic (exact) mass is 501 g/mol. The van der Waals surface area contributed by atoms with Gasteiger partial charge in [0.15, 0.2) is 0 Å². The quantitative estimate of drug-likeness (QED) is 0.304. The number of benzene rings is 1. The van der Waals surface area contributed by atoms with Crippen molar-refractivity contribution in [1.29, 1.82) is 0 Å². The number of carbonyl (C=O) groups is 2. The number of rotatable bonds is 10. The van der Waals surface area contributed by atoms with Crippen LogP contribution >= 0.6 is 0 Å². The molecule has 0 N–H and O–H groups in total. The van der Waals surface area contributed by atoms with E-state index in [1.54, 1.807) is 36.9 Å². The first kappa shape index (κ1) is 26.3. The number of hydrogen-bond donors (Lipinski definition) is 0. The molecule has 1 aliphatic heterocycles. The van der Waals surface area contributed by atoms with Gasteiger partial charge in [-0.15, -0.1) is 0 Å². The van der Waals surface area contributed by atoms with Crippen molar-refractivity contribution in [1.82, 2.24) is 14.9 Å². The molecule has 3 aromatic rings. The van der Waals surface area contributed by atoms with E-state index in [0.29, 0.717) is 24.6 Å². The summed E-state index contributed by atoms with van der Waals surface area (Å²) in [6.45, 7) is 8.73. The van der Waals surface area contributed by atoms with Gasteiger partial charge in [-0.05, 0) is 68.7 Å². The number of hydrogen-bond acceptors (Lipinski definition) is 6. The maximum atomic E-state index is 13.1. The Bertz CT molecular complexity index is 1180. The Morgan fingerprint density at radius 1 is 0.919 bits per heavy atom. The van der Waals surface area contributed by atoms with Gasteiger partial charge in [-0.3, -0.25) is 24.5 Å². The van der Waals surface area contributed by atoms with Crippen LogP contribution in [0.4, 0.5) is 11.4 Å². The number of fused-ring (bicyclic) bond motifs is 1. The van der Waals surface area contributed by atoms with E-state index in [4.69, 9.17) is 4.74 Å². The highest BCUT2D eigenvalue weighted by Crippen LogP contribution is 2.40. The molecule has 8 nitrogen and oxygen atoms in total. The van der Waals surface area contributed by atoms with Crippen molar-refractivity contribution < 1.29 is 14.3 Å². The topological polar surface area (TPSA) is 78.9 Å². The van der Waals surface area contributed by atoms with E-state index < -0.39 is 5.41 Å². The Balaban J connectivity index is 1.42. The number of anilines is 2. The summed E-state index contributed by atoms with van der Waals surface area (Å²) in [5.41, 5.74) is 2.64. The molecule has 8 heteroatoms. The molecular formula is C29H35N5O3. The third-order valence-corrected chi connectivity index (χ3v) is 6.71. The van der Waals surface area contributed by atoms with Gasteiger partial charge in [-0.1, -0.05) is 6.07 Å². The summed E-state index contributed by atoms with van der Waals surface area (Å²) in [7, 11) is 1.72. The maximum absolute atomic E-state index is 13.1. The molecule has 0 atom stereocenters. The summed E-state index contributed by atoms with van der Waals surface area (Å²) >= 11 is 0.